The molecule has 0 aliphatic rings. The van der Waals surface area contributed by atoms with Gasteiger partial charge >= 0.3 is 5.69 Å². The van der Waals surface area contributed by atoms with Gasteiger partial charge in [0, 0.05) is 12.4 Å². The molecule has 0 spiro atoms. The van der Waals surface area contributed by atoms with Gasteiger partial charge in [-0.25, -0.2) is 19.9 Å². The third-order valence-electron chi connectivity index (χ3n) is 3.21. The predicted molar refractivity (Wildman–Crippen MR) is 81.6 cm³/mol. The standard InChI is InChI=1S/C15H14N6O2/c22-14(13-16-7-4-8-17-13)18-11(12-19-15(23)21-20-12)9-10-5-2-1-3-6-10/h1-8,11H,9H2,(H,18,22)(H2,19,20,21,23). The highest BCUT2D eigenvalue weighted by atomic mass is 16.2. The maximum atomic E-state index is 12.3. The minimum absolute atomic E-state index is 0.0587. The molecule has 2 heterocycles. The van der Waals surface area contributed by atoms with Gasteiger partial charge in [0.05, 0.1) is 6.04 Å². The Hall–Kier alpha value is -3.29. The normalized spacial score (nSPS) is 11.8. The number of rotatable bonds is 5. The number of benzene rings is 1. The molecule has 116 valence electrons. The summed E-state index contributed by atoms with van der Waals surface area (Å²) >= 11 is 0. The molecule has 1 unspecified atom stereocenters. The van der Waals surface area contributed by atoms with Gasteiger partial charge in [0.25, 0.3) is 5.91 Å². The van der Waals surface area contributed by atoms with Gasteiger partial charge in [0.2, 0.25) is 5.82 Å². The van der Waals surface area contributed by atoms with Gasteiger partial charge in [0.15, 0.2) is 5.82 Å². The zero-order chi connectivity index (χ0) is 16.1. The van der Waals surface area contributed by atoms with Crippen LogP contribution >= 0.6 is 0 Å². The summed E-state index contributed by atoms with van der Waals surface area (Å²) < 4.78 is 0. The molecule has 3 N–H and O–H groups in total. The van der Waals surface area contributed by atoms with Gasteiger partial charge in [0.1, 0.15) is 0 Å². The lowest BCUT2D eigenvalue weighted by Gasteiger charge is -2.15. The Morgan fingerprint density at radius 1 is 1.13 bits per heavy atom. The Labute approximate surface area is 131 Å². The fourth-order valence-electron chi connectivity index (χ4n) is 2.15. The lowest BCUT2D eigenvalue weighted by Crippen LogP contribution is -2.32. The van der Waals surface area contributed by atoms with Crippen molar-refractivity contribution in [2.45, 2.75) is 12.5 Å². The second kappa shape index (κ2) is 6.65. The zero-order valence-corrected chi connectivity index (χ0v) is 12.1. The van der Waals surface area contributed by atoms with Gasteiger partial charge in [-0.15, -0.1) is 0 Å². The second-order valence-corrected chi connectivity index (χ2v) is 4.85. The summed E-state index contributed by atoms with van der Waals surface area (Å²) in [7, 11) is 0. The number of hydrogen-bond donors (Lipinski definition) is 3. The van der Waals surface area contributed by atoms with E-state index in [4.69, 9.17) is 0 Å². The van der Waals surface area contributed by atoms with Crippen molar-refractivity contribution in [3.8, 4) is 0 Å². The van der Waals surface area contributed by atoms with E-state index in [1.165, 1.54) is 12.4 Å². The number of H-pyrrole nitrogens is 2. The van der Waals surface area contributed by atoms with E-state index < -0.39 is 17.6 Å². The lowest BCUT2D eigenvalue weighted by molar-refractivity contribution is 0.0924. The van der Waals surface area contributed by atoms with Crippen molar-refractivity contribution in [2.24, 2.45) is 0 Å². The number of carbonyl (C=O) groups is 1. The van der Waals surface area contributed by atoms with Crippen molar-refractivity contribution >= 4 is 5.91 Å². The van der Waals surface area contributed by atoms with E-state index >= 15 is 0 Å². The average Bonchev–Trinajstić information content (AvgIpc) is 3.02. The Morgan fingerprint density at radius 3 is 2.52 bits per heavy atom. The number of carbonyl (C=O) groups excluding carboxylic acids is 1. The molecule has 0 radical (unpaired) electrons. The molecule has 0 saturated heterocycles. The molecule has 1 atom stereocenters. The maximum absolute atomic E-state index is 12.3. The van der Waals surface area contributed by atoms with Crippen LogP contribution in [-0.2, 0) is 6.42 Å². The van der Waals surface area contributed by atoms with E-state index in [1.54, 1.807) is 6.07 Å². The first-order chi connectivity index (χ1) is 11.2. The molecule has 0 aliphatic carbocycles. The van der Waals surface area contributed by atoms with E-state index in [9.17, 15) is 9.59 Å². The molecule has 0 bridgehead atoms. The van der Waals surface area contributed by atoms with Crippen molar-refractivity contribution in [2.75, 3.05) is 0 Å². The molecule has 23 heavy (non-hydrogen) atoms. The first-order valence-corrected chi connectivity index (χ1v) is 6.99. The van der Waals surface area contributed by atoms with E-state index in [0.29, 0.717) is 12.2 Å². The molecular formula is C15H14N6O2. The quantitative estimate of drug-likeness (QED) is 0.638. The lowest BCUT2D eigenvalue weighted by atomic mass is 10.1. The minimum Gasteiger partial charge on any atom is -0.339 e. The Bertz CT molecular complexity index is 828. The van der Waals surface area contributed by atoms with E-state index in [2.05, 4.69) is 30.5 Å². The van der Waals surface area contributed by atoms with Gasteiger partial charge < -0.3 is 5.32 Å². The molecule has 3 rings (SSSR count). The molecule has 1 aromatic carbocycles. The van der Waals surface area contributed by atoms with Crippen molar-refractivity contribution < 1.29 is 4.79 Å². The van der Waals surface area contributed by atoms with Crippen molar-refractivity contribution in [1.82, 2.24) is 30.5 Å². The van der Waals surface area contributed by atoms with Crippen LogP contribution in [0.5, 0.6) is 0 Å². The third kappa shape index (κ3) is 3.67. The summed E-state index contributed by atoms with van der Waals surface area (Å²) in [6.45, 7) is 0. The second-order valence-electron chi connectivity index (χ2n) is 4.85. The molecule has 3 aromatic rings. The van der Waals surface area contributed by atoms with Gasteiger partial charge in [-0.1, -0.05) is 30.3 Å². The number of nitrogens with one attached hydrogen (secondary N) is 3. The van der Waals surface area contributed by atoms with Gasteiger partial charge in [-0.3, -0.25) is 9.78 Å². The minimum atomic E-state index is -0.507. The summed E-state index contributed by atoms with van der Waals surface area (Å²) in [6, 6.07) is 10.7. The van der Waals surface area contributed by atoms with E-state index in [1.807, 2.05) is 30.3 Å². The van der Waals surface area contributed by atoms with Crippen LogP contribution in [0.3, 0.4) is 0 Å². The Morgan fingerprint density at radius 2 is 1.87 bits per heavy atom. The van der Waals surface area contributed by atoms with Crippen LogP contribution < -0.4 is 11.0 Å². The van der Waals surface area contributed by atoms with E-state index in [-0.39, 0.29) is 5.82 Å². The molecule has 2 aromatic heterocycles. The highest BCUT2D eigenvalue weighted by Gasteiger charge is 2.20. The van der Waals surface area contributed by atoms with Crippen LogP contribution in [0.1, 0.15) is 28.0 Å². The fourth-order valence-corrected chi connectivity index (χ4v) is 2.15. The van der Waals surface area contributed by atoms with Crippen molar-refractivity contribution in [3.05, 3.63) is 76.5 Å². The predicted octanol–water partition coefficient (Wildman–Crippen LogP) is 0.602. The molecule has 0 aliphatic heterocycles. The third-order valence-corrected chi connectivity index (χ3v) is 3.21. The van der Waals surface area contributed by atoms with Crippen LogP contribution in [0.25, 0.3) is 0 Å². The summed E-state index contributed by atoms with van der Waals surface area (Å²) in [5, 5.41) is 9.01. The first-order valence-electron chi connectivity index (χ1n) is 6.99. The first kappa shape index (κ1) is 14.6. The highest BCUT2D eigenvalue weighted by molar-refractivity contribution is 5.90. The SMILES string of the molecule is O=C(NC(Cc1ccccc1)c1n[nH]c(=O)[nH]1)c1ncccn1. The molecule has 0 saturated carbocycles. The number of amides is 1. The molecular weight excluding hydrogens is 296 g/mol. The molecule has 8 nitrogen and oxygen atoms in total. The smallest absolute Gasteiger partial charge is 0.339 e. The average molecular weight is 310 g/mol. The van der Waals surface area contributed by atoms with Crippen LogP contribution in [0.4, 0.5) is 0 Å². The van der Waals surface area contributed by atoms with Crippen LogP contribution in [0.15, 0.2) is 53.6 Å². The number of aromatic nitrogens is 5. The molecule has 1 amide bonds. The highest BCUT2D eigenvalue weighted by Crippen LogP contribution is 2.14. The molecule has 0 fully saturated rings. The van der Waals surface area contributed by atoms with Gasteiger partial charge in [-0.05, 0) is 18.1 Å². The van der Waals surface area contributed by atoms with Crippen LogP contribution in [0.2, 0.25) is 0 Å². The molecule has 8 heteroatoms. The Balaban J connectivity index is 1.83. The maximum Gasteiger partial charge on any atom is 0.340 e. The van der Waals surface area contributed by atoms with Crippen LogP contribution in [0, 0.1) is 0 Å². The van der Waals surface area contributed by atoms with Crippen molar-refractivity contribution in [3.63, 3.8) is 0 Å². The monoisotopic (exact) mass is 310 g/mol. The topological polar surface area (TPSA) is 116 Å². The summed E-state index contributed by atoms with van der Waals surface area (Å²) in [5.74, 6) is -0.0260. The van der Waals surface area contributed by atoms with E-state index in [0.717, 1.165) is 5.56 Å². The van der Waals surface area contributed by atoms with Crippen molar-refractivity contribution in [1.29, 1.82) is 0 Å². The largest absolute Gasteiger partial charge is 0.340 e. The summed E-state index contributed by atoms with van der Waals surface area (Å²) in [5.41, 5.74) is 0.568. The zero-order valence-electron chi connectivity index (χ0n) is 12.1. The van der Waals surface area contributed by atoms with Gasteiger partial charge in [-0.2, -0.15) is 5.10 Å². The van der Waals surface area contributed by atoms with Crippen LogP contribution in [-0.4, -0.2) is 31.1 Å². The Kier molecular flexibility index (Phi) is 4.23. The number of nitrogens with zero attached hydrogens (tertiary/aromatic N) is 3. The summed E-state index contributed by atoms with van der Waals surface area (Å²) in [4.78, 5) is 34.0. The fraction of sp³-hybridized carbons (Fsp3) is 0.133. The number of hydrogen-bond acceptors (Lipinski definition) is 5. The summed E-state index contributed by atoms with van der Waals surface area (Å²) in [6.07, 6.45) is 3.45. The number of aromatic amines is 2.